The van der Waals surface area contributed by atoms with Gasteiger partial charge in [-0.2, -0.15) is 17.2 Å². The maximum atomic E-state index is 13.6. The number of carbonyl (C=O) groups is 1. The largest absolute Gasteiger partial charge is 0.472 e. The van der Waals surface area contributed by atoms with Crippen LogP contribution in [0.3, 0.4) is 0 Å². The maximum absolute atomic E-state index is 13.6. The van der Waals surface area contributed by atoms with Crippen molar-refractivity contribution >= 4 is 32.4 Å². The van der Waals surface area contributed by atoms with E-state index < -0.39 is 31.7 Å². The lowest BCUT2D eigenvalue weighted by Crippen LogP contribution is -2.47. The zero-order valence-corrected chi connectivity index (χ0v) is 16.0. The van der Waals surface area contributed by atoms with Crippen molar-refractivity contribution in [1.29, 1.82) is 0 Å². The number of rotatable bonds is 4. The van der Waals surface area contributed by atoms with Crippen molar-refractivity contribution in [3.05, 3.63) is 0 Å². The number of hydrogen-bond donors (Lipinski definition) is 1. The highest BCUT2D eigenvalue weighted by Crippen LogP contribution is 2.62. The van der Waals surface area contributed by atoms with Crippen LogP contribution < -0.4 is 0 Å². The molecule has 5 nitrogen and oxygen atoms in total. The molecule has 130 valence electrons. The van der Waals surface area contributed by atoms with Gasteiger partial charge in [0.15, 0.2) is 0 Å². The summed E-state index contributed by atoms with van der Waals surface area (Å²) in [6, 6.07) is 0. The summed E-state index contributed by atoms with van der Waals surface area (Å²) in [5.74, 6) is 1.53. The number of ether oxygens (including phenoxy) is 1. The summed E-state index contributed by atoms with van der Waals surface area (Å²) in [4.78, 5) is 10.4. The number of alkyl halides is 2. The summed E-state index contributed by atoms with van der Waals surface area (Å²) < 4.78 is 62.3. The Labute approximate surface area is 142 Å². The molecule has 0 heterocycles. The molecule has 6 atom stereocenters. The molecule has 0 saturated heterocycles. The normalized spacial score (nSPS) is 40.9. The Morgan fingerprint density at radius 2 is 1.96 bits per heavy atom. The van der Waals surface area contributed by atoms with Crippen molar-refractivity contribution in [2.45, 2.75) is 49.2 Å². The van der Waals surface area contributed by atoms with Crippen LogP contribution in [0.25, 0.3) is 0 Å². The van der Waals surface area contributed by atoms with E-state index in [9.17, 15) is 22.0 Å². The van der Waals surface area contributed by atoms with Crippen LogP contribution in [-0.4, -0.2) is 45.5 Å². The fraction of sp³-hybridized carbons (Fsp3) is 0.929. The molecular formula is C14H21AlF2O5S. The molecule has 1 N–H and O–H groups in total. The lowest BCUT2D eigenvalue weighted by molar-refractivity contribution is -0.168. The van der Waals surface area contributed by atoms with Gasteiger partial charge in [0.1, 0.15) is 4.97 Å². The lowest BCUT2D eigenvalue weighted by atomic mass is 9.60. The second-order valence-corrected chi connectivity index (χ2v) is 10.4. The quantitative estimate of drug-likeness (QED) is 0.463. The predicted octanol–water partition coefficient (Wildman–Crippen LogP) is 1.43. The van der Waals surface area contributed by atoms with E-state index in [1.54, 1.807) is 6.92 Å². The molecule has 0 radical (unpaired) electrons. The van der Waals surface area contributed by atoms with Gasteiger partial charge in [-0.05, 0) is 62.7 Å². The summed E-state index contributed by atoms with van der Waals surface area (Å²) >= 11 is -0.390. The third-order valence-corrected chi connectivity index (χ3v) is 8.50. The average Bonchev–Trinajstić information content (AvgIpc) is 2.63. The SMILES string of the molecule is CC1(C(=O)O[CH]([AlH2])C(F)(F)S(=O)(=O)O)CC2CC3CC(C1)C3C2. The van der Waals surface area contributed by atoms with Crippen LogP contribution in [0.1, 0.15) is 39.0 Å². The van der Waals surface area contributed by atoms with Crippen molar-refractivity contribution in [3.63, 3.8) is 0 Å². The minimum Gasteiger partial charge on any atom is -0.472 e. The average molecular weight is 366 g/mol. The minimum atomic E-state index is -5.59. The second kappa shape index (κ2) is 5.38. The molecule has 9 heteroatoms. The summed E-state index contributed by atoms with van der Waals surface area (Å²) in [7, 11) is -5.59. The number of carbonyl (C=O) groups excluding carboxylic acids is 1. The zero-order chi connectivity index (χ0) is 17.2. The zero-order valence-electron chi connectivity index (χ0n) is 13.2. The van der Waals surface area contributed by atoms with E-state index in [0.29, 0.717) is 30.6 Å². The number of hydrogen-bond acceptors (Lipinski definition) is 4. The Bertz CT molecular complexity index is 619. The second-order valence-electron chi connectivity index (χ2n) is 7.81. The van der Waals surface area contributed by atoms with Gasteiger partial charge >= 0.3 is 21.3 Å². The molecule has 0 spiro atoms. The molecule has 0 aromatic carbocycles. The predicted molar refractivity (Wildman–Crippen MR) is 80.1 cm³/mol. The lowest BCUT2D eigenvalue weighted by Gasteiger charge is -2.45. The summed E-state index contributed by atoms with van der Waals surface area (Å²) in [6.45, 7) is 1.74. The molecule has 0 aliphatic heterocycles. The Morgan fingerprint density at radius 3 is 2.57 bits per heavy atom. The fourth-order valence-corrected chi connectivity index (χ4v) is 6.52. The first-order valence-electron chi connectivity index (χ1n) is 8.00. The summed E-state index contributed by atoms with van der Waals surface area (Å²) in [5.41, 5.74) is -0.840. The number of halogens is 2. The van der Waals surface area contributed by atoms with Crippen molar-refractivity contribution in [3.8, 4) is 0 Å². The molecule has 3 fully saturated rings. The van der Waals surface area contributed by atoms with Crippen LogP contribution in [0.4, 0.5) is 8.78 Å². The highest BCUT2D eigenvalue weighted by Gasteiger charge is 2.57. The van der Waals surface area contributed by atoms with Crippen LogP contribution in [0.2, 0.25) is 0 Å². The van der Waals surface area contributed by atoms with E-state index in [2.05, 4.69) is 0 Å². The third kappa shape index (κ3) is 2.84. The Morgan fingerprint density at radius 1 is 1.30 bits per heavy atom. The minimum absolute atomic E-state index is 0.390. The van der Waals surface area contributed by atoms with Gasteiger partial charge in [-0.25, -0.2) is 0 Å². The molecular weight excluding hydrogens is 345 g/mol. The molecule has 6 unspecified atom stereocenters. The fourth-order valence-electron chi connectivity index (χ4n) is 4.94. The van der Waals surface area contributed by atoms with Crippen LogP contribution in [0.5, 0.6) is 0 Å². The molecule has 3 aliphatic rings. The summed E-state index contributed by atoms with van der Waals surface area (Å²) in [6.07, 6.45) is 4.52. The highest BCUT2D eigenvalue weighted by molar-refractivity contribution is 7.87. The van der Waals surface area contributed by atoms with Gasteiger partial charge in [-0.3, -0.25) is 9.35 Å². The van der Waals surface area contributed by atoms with Gasteiger partial charge in [0, 0.05) is 0 Å². The molecule has 3 saturated carbocycles. The first-order valence-corrected chi connectivity index (χ1v) is 10.6. The highest BCUT2D eigenvalue weighted by atomic mass is 32.2. The molecule has 2 bridgehead atoms. The number of fused-ring (bicyclic) bond motifs is 1. The van der Waals surface area contributed by atoms with E-state index in [1.165, 1.54) is 0 Å². The molecule has 0 aromatic heterocycles. The molecule has 0 aromatic rings. The topological polar surface area (TPSA) is 80.7 Å². The van der Waals surface area contributed by atoms with Crippen LogP contribution in [-0.2, 0) is 19.6 Å². The Hall–Kier alpha value is -0.228. The van der Waals surface area contributed by atoms with Gasteiger partial charge in [0.2, 0.25) is 0 Å². The van der Waals surface area contributed by atoms with Gasteiger partial charge in [0.25, 0.3) is 16.3 Å². The number of esters is 1. The van der Waals surface area contributed by atoms with Gasteiger partial charge in [-0.1, -0.05) is 0 Å². The van der Waals surface area contributed by atoms with Crippen LogP contribution >= 0.6 is 0 Å². The Balaban J connectivity index is 1.72. The monoisotopic (exact) mass is 366 g/mol. The van der Waals surface area contributed by atoms with Gasteiger partial charge in [0.05, 0.1) is 5.41 Å². The van der Waals surface area contributed by atoms with Crippen molar-refractivity contribution in [2.24, 2.45) is 29.1 Å². The molecule has 3 rings (SSSR count). The standard InChI is InChI=1S/C14H19F2O5S.Al.2H/c1-13(12(17)21-7-14(15,16)22(18,19)20)5-8-2-9-4-10(6-13)11(9)3-8;;;/h7-11H,2-6H2,1H3,(H,18,19,20);;;. The van der Waals surface area contributed by atoms with E-state index in [1.807, 2.05) is 0 Å². The van der Waals surface area contributed by atoms with Crippen molar-refractivity contribution in [2.75, 3.05) is 0 Å². The van der Waals surface area contributed by atoms with Crippen molar-refractivity contribution < 1.29 is 31.3 Å². The van der Waals surface area contributed by atoms with Crippen molar-refractivity contribution in [1.82, 2.24) is 0 Å². The maximum Gasteiger partial charge on any atom is 0.391 e. The molecule has 23 heavy (non-hydrogen) atoms. The van der Waals surface area contributed by atoms with Gasteiger partial charge in [-0.15, -0.1) is 0 Å². The van der Waals surface area contributed by atoms with E-state index in [0.717, 1.165) is 25.2 Å². The molecule has 0 amide bonds. The molecule has 3 aliphatic carbocycles. The van der Waals surface area contributed by atoms with E-state index in [4.69, 9.17) is 9.29 Å². The third-order valence-electron chi connectivity index (χ3n) is 6.10. The smallest absolute Gasteiger partial charge is 0.391 e. The van der Waals surface area contributed by atoms with Crippen LogP contribution in [0.15, 0.2) is 0 Å². The van der Waals surface area contributed by atoms with Crippen LogP contribution in [0, 0.1) is 29.1 Å². The first-order chi connectivity index (χ1) is 10.4. The first kappa shape index (κ1) is 17.6. The van der Waals surface area contributed by atoms with Gasteiger partial charge < -0.3 is 4.74 Å². The summed E-state index contributed by atoms with van der Waals surface area (Å²) in [5, 5.41) is -4.45. The van der Waals surface area contributed by atoms with E-state index in [-0.39, 0.29) is 16.3 Å². The van der Waals surface area contributed by atoms with E-state index >= 15 is 0 Å². The Kier molecular flexibility index (Phi) is 4.12.